The summed E-state index contributed by atoms with van der Waals surface area (Å²) < 4.78 is 0. The monoisotopic (exact) mass is 248 g/mol. The van der Waals surface area contributed by atoms with Crippen molar-refractivity contribution in [2.24, 2.45) is 5.92 Å². The third-order valence-electron chi connectivity index (χ3n) is 3.94. The van der Waals surface area contributed by atoms with Gasteiger partial charge in [0.2, 0.25) is 0 Å². The van der Waals surface area contributed by atoms with Crippen molar-refractivity contribution in [2.45, 2.75) is 52.7 Å². The molecule has 0 aliphatic heterocycles. The second-order valence-corrected chi connectivity index (χ2v) is 5.70. The van der Waals surface area contributed by atoms with Crippen LogP contribution in [0.5, 0.6) is 0 Å². The van der Waals surface area contributed by atoms with Gasteiger partial charge in [0.15, 0.2) is 0 Å². The van der Waals surface area contributed by atoms with Crippen LogP contribution in [0, 0.1) is 26.7 Å². The van der Waals surface area contributed by atoms with Gasteiger partial charge in [-0.2, -0.15) is 0 Å². The molecule has 3 nitrogen and oxygen atoms in total. The van der Waals surface area contributed by atoms with E-state index >= 15 is 0 Å². The van der Waals surface area contributed by atoms with Crippen molar-refractivity contribution in [3.63, 3.8) is 0 Å². The molecule has 1 aliphatic carbocycles. The van der Waals surface area contributed by atoms with E-state index in [4.69, 9.17) is 0 Å². The van der Waals surface area contributed by atoms with E-state index in [9.17, 15) is 5.11 Å². The first kappa shape index (κ1) is 13.5. The summed E-state index contributed by atoms with van der Waals surface area (Å²) in [5.41, 5.74) is 4.85. The number of rotatable bonds is 4. The lowest BCUT2D eigenvalue weighted by molar-refractivity contribution is 0.0420. The van der Waals surface area contributed by atoms with E-state index < -0.39 is 0 Å². The Balaban J connectivity index is 1.98. The number of aliphatic hydroxyl groups is 1. The molecule has 0 saturated heterocycles. The van der Waals surface area contributed by atoms with Gasteiger partial charge in [0.1, 0.15) is 0 Å². The molecule has 1 aromatic rings. The number of nitrogens with one attached hydrogen (secondary N) is 1. The molecule has 3 heteroatoms. The minimum Gasteiger partial charge on any atom is -0.393 e. The second kappa shape index (κ2) is 5.37. The molecule has 100 valence electrons. The molecular formula is C15H24N2O. The zero-order valence-corrected chi connectivity index (χ0v) is 11.8. The first-order chi connectivity index (χ1) is 8.47. The minimum atomic E-state index is -0.0587. The van der Waals surface area contributed by atoms with E-state index in [1.165, 1.54) is 11.1 Å². The Bertz CT molecular complexity index is 401. The molecule has 2 N–H and O–H groups in total. The Hall–Kier alpha value is -0.930. The average Bonchev–Trinajstić information content (AvgIpc) is 2.21. The van der Waals surface area contributed by atoms with Crippen LogP contribution >= 0.6 is 0 Å². The summed E-state index contributed by atoms with van der Waals surface area (Å²) in [6.07, 6.45) is 1.84. The highest BCUT2D eigenvalue weighted by Gasteiger charge is 2.27. The van der Waals surface area contributed by atoms with Crippen molar-refractivity contribution < 1.29 is 5.11 Å². The molecule has 1 atom stereocenters. The summed E-state index contributed by atoms with van der Waals surface area (Å²) >= 11 is 0. The van der Waals surface area contributed by atoms with Crippen molar-refractivity contribution in [3.8, 4) is 0 Å². The van der Waals surface area contributed by atoms with Crippen molar-refractivity contribution in [3.05, 3.63) is 28.6 Å². The van der Waals surface area contributed by atoms with Crippen molar-refractivity contribution in [2.75, 3.05) is 6.54 Å². The smallest absolute Gasteiger partial charge is 0.0546 e. The highest BCUT2D eigenvalue weighted by Crippen LogP contribution is 2.28. The number of nitrogens with zero attached hydrogens (tertiary/aromatic N) is 1. The molecule has 1 aliphatic rings. The Morgan fingerprint density at radius 1 is 1.39 bits per heavy atom. The number of aryl methyl sites for hydroxylation is 3. The van der Waals surface area contributed by atoms with E-state index in [0.717, 1.165) is 30.8 Å². The van der Waals surface area contributed by atoms with E-state index in [1.807, 2.05) is 6.92 Å². The van der Waals surface area contributed by atoms with Gasteiger partial charge in [0.25, 0.3) is 0 Å². The summed E-state index contributed by atoms with van der Waals surface area (Å²) in [4.78, 5) is 4.55. The molecule has 1 aromatic heterocycles. The Morgan fingerprint density at radius 2 is 2.06 bits per heavy atom. The lowest BCUT2D eigenvalue weighted by Gasteiger charge is -2.32. The van der Waals surface area contributed by atoms with Crippen LogP contribution in [0.15, 0.2) is 6.07 Å². The second-order valence-electron chi connectivity index (χ2n) is 5.70. The third-order valence-corrected chi connectivity index (χ3v) is 3.94. The fourth-order valence-corrected chi connectivity index (χ4v) is 3.00. The Labute approximate surface area is 110 Å². The topological polar surface area (TPSA) is 45.1 Å². The van der Waals surface area contributed by atoms with Gasteiger partial charge in [-0.15, -0.1) is 0 Å². The summed E-state index contributed by atoms with van der Waals surface area (Å²) in [6, 6.07) is 2.48. The van der Waals surface area contributed by atoms with Crippen LogP contribution in [0.2, 0.25) is 0 Å². The molecule has 0 aromatic carbocycles. The predicted octanol–water partition coefficient (Wildman–Crippen LogP) is 2.43. The molecule has 18 heavy (non-hydrogen) atoms. The van der Waals surface area contributed by atoms with Gasteiger partial charge in [-0.25, -0.2) is 0 Å². The summed E-state index contributed by atoms with van der Waals surface area (Å²) in [6.45, 7) is 9.47. The van der Waals surface area contributed by atoms with Crippen LogP contribution in [-0.4, -0.2) is 22.7 Å². The molecule has 1 fully saturated rings. The zero-order chi connectivity index (χ0) is 13.3. The Kier molecular flexibility index (Phi) is 4.03. The highest BCUT2D eigenvalue weighted by molar-refractivity contribution is 5.33. The van der Waals surface area contributed by atoms with Crippen LogP contribution in [0.25, 0.3) is 0 Å². The predicted molar refractivity (Wildman–Crippen MR) is 73.6 cm³/mol. The fourth-order valence-electron chi connectivity index (χ4n) is 3.00. The normalized spacial score (nSPS) is 24.7. The van der Waals surface area contributed by atoms with Gasteiger partial charge in [-0.05, 0) is 70.2 Å². The van der Waals surface area contributed by atoms with Crippen molar-refractivity contribution in [1.29, 1.82) is 0 Å². The summed E-state index contributed by atoms with van der Waals surface area (Å²) in [5.74, 6) is 0.640. The third kappa shape index (κ3) is 2.90. The molecule has 0 spiro atoms. The van der Waals surface area contributed by atoms with Crippen LogP contribution < -0.4 is 5.32 Å². The van der Waals surface area contributed by atoms with Gasteiger partial charge in [-0.3, -0.25) is 4.98 Å². The molecule has 0 amide bonds. The molecular weight excluding hydrogens is 224 g/mol. The molecule has 2 rings (SSSR count). The average molecular weight is 248 g/mol. The minimum absolute atomic E-state index is 0.0587. The maximum Gasteiger partial charge on any atom is 0.0546 e. The van der Waals surface area contributed by atoms with Gasteiger partial charge in [0.05, 0.1) is 6.10 Å². The fraction of sp³-hybridized carbons (Fsp3) is 0.667. The zero-order valence-electron chi connectivity index (χ0n) is 11.8. The summed E-state index contributed by atoms with van der Waals surface area (Å²) in [5, 5.41) is 12.9. The van der Waals surface area contributed by atoms with Crippen molar-refractivity contribution >= 4 is 0 Å². The maximum absolute atomic E-state index is 9.28. The standard InChI is InChI=1S/C15H24N2O/c1-9-5-10(2)17-12(4)15(9)11(3)16-8-13-6-14(18)7-13/h5,11,13-14,16,18H,6-8H2,1-4H3. The quantitative estimate of drug-likeness (QED) is 0.860. The number of hydrogen-bond donors (Lipinski definition) is 2. The van der Waals surface area contributed by atoms with E-state index in [1.54, 1.807) is 0 Å². The molecule has 1 heterocycles. The van der Waals surface area contributed by atoms with Crippen LogP contribution in [0.3, 0.4) is 0 Å². The van der Waals surface area contributed by atoms with Crippen LogP contribution in [-0.2, 0) is 0 Å². The number of pyridine rings is 1. The number of hydrogen-bond acceptors (Lipinski definition) is 3. The highest BCUT2D eigenvalue weighted by atomic mass is 16.3. The molecule has 0 bridgehead atoms. The number of aromatic nitrogens is 1. The van der Waals surface area contributed by atoms with Crippen LogP contribution in [0.4, 0.5) is 0 Å². The van der Waals surface area contributed by atoms with E-state index in [-0.39, 0.29) is 6.10 Å². The Morgan fingerprint density at radius 3 is 2.61 bits per heavy atom. The molecule has 1 unspecified atom stereocenters. The summed E-state index contributed by atoms with van der Waals surface area (Å²) in [7, 11) is 0. The van der Waals surface area contributed by atoms with Crippen LogP contribution in [0.1, 0.15) is 48.3 Å². The van der Waals surface area contributed by atoms with E-state index in [2.05, 4.69) is 37.1 Å². The SMILES string of the molecule is Cc1cc(C)c(C(C)NCC2CC(O)C2)c(C)n1. The van der Waals surface area contributed by atoms with Gasteiger partial charge in [0, 0.05) is 17.4 Å². The van der Waals surface area contributed by atoms with Crippen molar-refractivity contribution in [1.82, 2.24) is 10.3 Å². The maximum atomic E-state index is 9.28. The largest absolute Gasteiger partial charge is 0.393 e. The van der Waals surface area contributed by atoms with Gasteiger partial charge >= 0.3 is 0 Å². The van der Waals surface area contributed by atoms with Gasteiger partial charge < -0.3 is 10.4 Å². The number of aliphatic hydroxyl groups excluding tert-OH is 1. The first-order valence-corrected chi connectivity index (χ1v) is 6.83. The van der Waals surface area contributed by atoms with Gasteiger partial charge in [-0.1, -0.05) is 0 Å². The lowest BCUT2D eigenvalue weighted by Crippen LogP contribution is -2.37. The first-order valence-electron chi connectivity index (χ1n) is 6.83. The molecule has 1 saturated carbocycles. The lowest BCUT2D eigenvalue weighted by atomic mass is 9.82. The molecule has 0 radical (unpaired) electrons. The van der Waals surface area contributed by atoms with E-state index in [0.29, 0.717) is 12.0 Å².